The normalized spacial score (nSPS) is 20.1. The second kappa shape index (κ2) is 9.30. The molecule has 0 spiro atoms. The van der Waals surface area contributed by atoms with Gasteiger partial charge in [-0.1, -0.05) is 24.3 Å². The van der Waals surface area contributed by atoms with Crippen LogP contribution in [0.3, 0.4) is 0 Å². The number of sulfonamides is 1. The van der Waals surface area contributed by atoms with Crippen LogP contribution in [0.5, 0.6) is 0 Å². The lowest BCUT2D eigenvalue weighted by Gasteiger charge is -2.24. The average molecular weight is 459 g/mol. The van der Waals surface area contributed by atoms with Gasteiger partial charge in [0.25, 0.3) is 15.9 Å². The summed E-state index contributed by atoms with van der Waals surface area (Å²) in [4.78, 5) is 24.4. The molecule has 2 atom stereocenters. The number of fused-ring (bicyclic) bond motifs is 1. The molecule has 8 nitrogen and oxygen atoms in total. The van der Waals surface area contributed by atoms with Crippen molar-refractivity contribution in [2.45, 2.75) is 43.2 Å². The number of nitrogens with one attached hydrogen (secondary N) is 1. The highest BCUT2D eigenvalue weighted by atomic mass is 32.2. The van der Waals surface area contributed by atoms with Gasteiger partial charge in [-0.25, -0.2) is 13.2 Å². The summed E-state index contributed by atoms with van der Waals surface area (Å²) in [6.45, 7) is 2.47. The van der Waals surface area contributed by atoms with Crippen molar-refractivity contribution in [1.82, 2.24) is 5.32 Å². The Labute approximate surface area is 187 Å². The maximum absolute atomic E-state index is 13.4. The van der Waals surface area contributed by atoms with Crippen molar-refractivity contribution in [3.63, 3.8) is 0 Å². The minimum atomic E-state index is -3.87. The van der Waals surface area contributed by atoms with E-state index in [4.69, 9.17) is 9.47 Å². The number of carbonyl (C=O) groups excluding carboxylic acids is 2. The van der Waals surface area contributed by atoms with Gasteiger partial charge in [-0.15, -0.1) is 0 Å². The highest BCUT2D eigenvalue weighted by Gasteiger charge is 2.36. The molecular formula is C23H26N2O6S. The molecule has 0 saturated carbocycles. The Hall–Kier alpha value is -2.91. The summed E-state index contributed by atoms with van der Waals surface area (Å²) in [5.74, 6) is -1.19. The number of nitrogens with zero attached hydrogens (tertiary/aromatic N) is 1. The number of rotatable bonds is 7. The molecule has 1 saturated heterocycles. The van der Waals surface area contributed by atoms with Crippen LogP contribution in [0.15, 0.2) is 53.4 Å². The Morgan fingerprint density at radius 2 is 2.00 bits per heavy atom. The Bertz CT molecular complexity index is 1110. The molecule has 1 N–H and O–H groups in total. The molecule has 170 valence electrons. The van der Waals surface area contributed by atoms with E-state index < -0.39 is 28.5 Å². The van der Waals surface area contributed by atoms with Crippen LogP contribution in [0.4, 0.5) is 5.69 Å². The Morgan fingerprint density at radius 3 is 2.78 bits per heavy atom. The van der Waals surface area contributed by atoms with E-state index in [0.29, 0.717) is 25.3 Å². The number of anilines is 1. The first-order valence-electron chi connectivity index (χ1n) is 10.6. The first-order chi connectivity index (χ1) is 15.4. The second-order valence-electron chi connectivity index (χ2n) is 8.03. The summed E-state index contributed by atoms with van der Waals surface area (Å²) in [6.07, 6.45) is 2.48. The first-order valence-corrected chi connectivity index (χ1v) is 12.1. The molecule has 1 fully saturated rings. The topological polar surface area (TPSA) is 102 Å². The van der Waals surface area contributed by atoms with Crippen LogP contribution < -0.4 is 9.62 Å². The van der Waals surface area contributed by atoms with Crippen molar-refractivity contribution in [2.75, 3.05) is 24.1 Å². The molecule has 0 aliphatic carbocycles. The molecule has 0 aromatic heterocycles. The quantitative estimate of drug-likeness (QED) is 0.639. The number of hydrogen-bond donors (Lipinski definition) is 1. The van der Waals surface area contributed by atoms with Crippen LogP contribution in [-0.2, 0) is 30.7 Å². The zero-order valence-corrected chi connectivity index (χ0v) is 18.6. The largest absolute Gasteiger partial charge is 0.452 e. The highest BCUT2D eigenvalue weighted by molar-refractivity contribution is 7.92. The summed E-state index contributed by atoms with van der Waals surface area (Å²) >= 11 is 0. The van der Waals surface area contributed by atoms with Crippen molar-refractivity contribution in [1.29, 1.82) is 0 Å². The lowest BCUT2D eigenvalue weighted by molar-refractivity contribution is -0.124. The standard InChI is InChI=1S/C23H26N2O6S/c1-16-12-17-6-2-3-10-21(17)25(16)32(28,29)20-9-4-7-18(13-20)23(27)31-15-22(26)24-14-19-8-5-11-30-19/h2-4,6-7,9-10,13,16,19H,5,8,11-12,14-15H2,1H3,(H,24,26). The third-order valence-electron chi connectivity index (χ3n) is 5.66. The van der Waals surface area contributed by atoms with Gasteiger partial charge in [0.05, 0.1) is 22.3 Å². The van der Waals surface area contributed by atoms with E-state index in [1.807, 2.05) is 19.1 Å². The predicted molar refractivity (Wildman–Crippen MR) is 118 cm³/mol. The maximum Gasteiger partial charge on any atom is 0.338 e. The van der Waals surface area contributed by atoms with E-state index in [1.54, 1.807) is 12.1 Å². The Balaban J connectivity index is 1.42. The molecule has 32 heavy (non-hydrogen) atoms. The fourth-order valence-corrected chi connectivity index (χ4v) is 5.84. The van der Waals surface area contributed by atoms with Crippen molar-refractivity contribution in [3.05, 3.63) is 59.7 Å². The van der Waals surface area contributed by atoms with Gasteiger partial charge in [0.2, 0.25) is 0 Å². The van der Waals surface area contributed by atoms with Crippen molar-refractivity contribution in [2.24, 2.45) is 0 Å². The number of carbonyl (C=O) groups is 2. The van der Waals surface area contributed by atoms with Crippen molar-refractivity contribution in [3.8, 4) is 0 Å². The SMILES string of the molecule is CC1Cc2ccccc2N1S(=O)(=O)c1cccc(C(=O)OCC(=O)NCC2CCCO2)c1. The van der Waals surface area contributed by atoms with E-state index in [2.05, 4.69) is 5.32 Å². The smallest absolute Gasteiger partial charge is 0.338 e. The zero-order chi connectivity index (χ0) is 22.7. The monoisotopic (exact) mass is 458 g/mol. The van der Waals surface area contributed by atoms with Crippen LogP contribution in [0.25, 0.3) is 0 Å². The zero-order valence-electron chi connectivity index (χ0n) is 17.8. The van der Waals surface area contributed by atoms with Gasteiger partial charge in [0, 0.05) is 19.2 Å². The molecule has 2 aromatic carbocycles. The van der Waals surface area contributed by atoms with Gasteiger partial charge in [0.15, 0.2) is 6.61 Å². The van der Waals surface area contributed by atoms with Gasteiger partial charge in [-0.3, -0.25) is 9.10 Å². The lowest BCUT2D eigenvalue weighted by atomic mass is 10.1. The lowest BCUT2D eigenvalue weighted by Crippen LogP contribution is -2.36. The van der Waals surface area contributed by atoms with E-state index in [1.165, 1.54) is 28.6 Å². The van der Waals surface area contributed by atoms with Crippen LogP contribution in [-0.4, -0.2) is 52.2 Å². The summed E-state index contributed by atoms with van der Waals surface area (Å²) < 4.78 is 38.6. The third kappa shape index (κ3) is 4.63. The van der Waals surface area contributed by atoms with E-state index in [0.717, 1.165) is 18.4 Å². The number of esters is 1. The molecule has 2 aliphatic heterocycles. The molecular weight excluding hydrogens is 432 g/mol. The number of benzene rings is 2. The van der Waals surface area contributed by atoms with Crippen molar-refractivity contribution >= 4 is 27.6 Å². The molecule has 9 heteroatoms. The van der Waals surface area contributed by atoms with E-state index in [9.17, 15) is 18.0 Å². The molecule has 2 aliphatic rings. The molecule has 4 rings (SSSR count). The predicted octanol–water partition coefficient (Wildman–Crippen LogP) is 2.28. The summed E-state index contributed by atoms with van der Waals surface area (Å²) in [6, 6.07) is 12.8. The second-order valence-corrected chi connectivity index (χ2v) is 9.84. The van der Waals surface area contributed by atoms with E-state index >= 15 is 0 Å². The fourth-order valence-electron chi connectivity index (χ4n) is 4.10. The van der Waals surface area contributed by atoms with Gasteiger partial charge in [-0.2, -0.15) is 0 Å². The minimum absolute atomic E-state index is 0.00154. The molecule has 1 amide bonds. The number of hydrogen-bond acceptors (Lipinski definition) is 6. The van der Waals surface area contributed by atoms with Gasteiger partial charge in [0.1, 0.15) is 0 Å². The molecule has 2 unspecified atom stereocenters. The Kier molecular flexibility index (Phi) is 6.48. The number of para-hydroxylation sites is 1. The van der Waals surface area contributed by atoms with Crippen LogP contribution in [0.1, 0.15) is 35.7 Å². The molecule has 2 heterocycles. The Morgan fingerprint density at radius 1 is 1.19 bits per heavy atom. The molecule has 0 radical (unpaired) electrons. The minimum Gasteiger partial charge on any atom is -0.452 e. The summed E-state index contributed by atoms with van der Waals surface area (Å²) in [5.41, 5.74) is 1.68. The fraction of sp³-hybridized carbons (Fsp3) is 0.391. The maximum atomic E-state index is 13.4. The van der Waals surface area contributed by atoms with Gasteiger partial charge in [-0.05, 0) is 56.0 Å². The van der Waals surface area contributed by atoms with E-state index in [-0.39, 0.29) is 22.6 Å². The van der Waals surface area contributed by atoms with Crippen molar-refractivity contribution < 1.29 is 27.5 Å². The highest BCUT2D eigenvalue weighted by Crippen LogP contribution is 2.36. The number of ether oxygens (including phenoxy) is 2. The average Bonchev–Trinajstić information content (AvgIpc) is 3.43. The summed E-state index contributed by atoms with van der Waals surface area (Å²) in [5, 5.41) is 2.67. The molecule has 0 bridgehead atoms. The molecule has 2 aromatic rings. The number of amides is 1. The van der Waals surface area contributed by atoms with Gasteiger partial charge >= 0.3 is 5.97 Å². The first kappa shape index (κ1) is 22.3. The van der Waals surface area contributed by atoms with Crippen LogP contribution in [0, 0.1) is 0 Å². The summed E-state index contributed by atoms with van der Waals surface area (Å²) in [7, 11) is -3.87. The van der Waals surface area contributed by atoms with Crippen LogP contribution >= 0.6 is 0 Å². The van der Waals surface area contributed by atoms with Crippen LogP contribution in [0.2, 0.25) is 0 Å². The van der Waals surface area contributed by atoms with Gasteiger partial charge < -0.3 is 14.8 Å². The third-order valence-corrected chi connectivity index (χ3v) is 7.58.